The maximum Gasteiger partial charge on any atom is 0.327 e. The van der Waals surface area contributed by atoms with E-state index in [2.05, 4.69) is 5.32 Å². The molecule has 4 atom stereocenters. The summed E-state index contributed by atoms with van der Waals surface area (Å²) >= 11 is 0. The third kappa shape index (κ3) is 3.30. The van der Waals surface area contributed by atoms with Crippen molar-refractivity contribution in [3.8, 4) is 0 Å². The number of anilines is 1. The highest BCUT2D eigenvalue weighted by molar-refractivity contribution is 6.24. The predicted molar refractivity (Wildman–Crippen MR) is 112 cm³/mol. The first-order chi connectivity index (χ1) is 15.4. The molecule has 2 fully saturated rings. The van der Waals surface area contributed by atoms with E-state index in [0.29, 0.717) is 6.42 Å². The van der Waals surface area contributed by atoms with Crippen LogP contribution < -0.4 is 10.2 Å². The second kappa shape index (κ2) is 8.43. The Balaban J connectivity index is 1.87. The molecule has 2 heterocycles. The highest BCUT2D eigenvalue weighted by atomic mass is 19.1. The first kappa shape index (κ1) is 22.1. The Kier molecular flexibility index (Phi) is 5.81. The van der Waals surface area contributed by atoms with Crippen LogP contribution in [0.5, 0.6) is 0 Å². The second-order valence-electron chi connectivity index (χ2n) is 8.08. The van der Waals surface area contributed by atoms with E-state index in [4.69, 9.17) is 4.74 Å². The standard InChI is InChI=1S/C24H24F2N2O4/c1-3-13-24(23(31)32-4-2)19-18(20(27-24)16-7-5-6-8-17(16)26)21(29)28(22(19)30)15-11-9-14(25)10-12-15/h5-12,18-20,27H,3-4,13H2,1-2H3/t18-,19-,20-,24+/m0/s1. The number of hydrogen-bond acceptors (Lipinski definition) is 5. The van der Waals surface area contributed by atoms with Crippen molar-refractivity contribution in [3.05, 3.63) is 65.7 Å². The minimum absolute atomic E-state index is 0.0948. The average Bonchev–Trinajstić information content (AvgIpc) is 3.24. The number of halogens is 2. The SMILES string of the molecule is CCC[C@@]1(C(=O)OCC)N[C@@H](c2ccccc2F)[C@H]2C(=O)N(c3ccc(F)cc3)C(=O)[C@H]21. The molecule has 0 saturated carbocycles. The zero-order chi connectivity index (χ0) is 23.0. The predicted octanol–water partition coefficient (Wildman–Crippen LogP) is 3.52. The molecule has 0 aromatic heterocycles. The molecule has 0 bridgehead atoms. The topological polar surface area (TPSA) is 75.7 Å². The number of esters is 1. The third-order valence-electron chi connectivity index (χ3n) is 6.26. The zero-order valence-corrected chi connectivity index (χ0v) is 17.8. The number of rotatable bonds is 6. The van der Waals surface area contributed by atoms with Gasteiger partial charge in [-0.15, -0.1) is 0 Å². The molecule has 6 nitrogen and oxygen atoms in total. The molecule has 0 spiro atoms. The summed E-state index contributed by atoms with van der Waals surface area (Å²) in [6, 6.07) is 10.1. The van der Waals surface area contributed by atoms with E-state index in [1.165, 1.54) is 30.3 Å². The van der Waals surface area contributed by atoms with Crippen LogP contribution in [0, 0.1) is 23.5 Å². The smallest absolute Gasteiger partial charge is 0.327 e. The number of amides is 2. The molecular weight excluding hydrogens is 418 g/mol. The number of nitrogens with zero attached hydrogens (tertiary/aromatic N) is 1. The van der Waals surface area contributed by atoms with Crippen LogP contribution in [0.2, 0.25) is 0 Å². The normalized spacial score (nSPS) is 27.0. The molecule has 2 saturated heterocycles. The van der Waals surface area contributed by atoms with Crippen molar-refractivity contribution in [3.63, 3.8) is 0 Å². The van der Waals surface area contributed by atoms with Gasteiger partial charge in [-0.2, -0.15) is 0 Å². The van der Waals surface area contributed by atoms with Gasteiger partial charge in [-0.3, -0.25) is 19.7 Å². The van der Waals surface area contributed by atoms with Crippen LogP contribution in [-0.4, -0.2) is 29.9 Å². The minimum Gasteiger partial charge on any atom is -0.465 e. The minimum atomic E-state index is -1.48. The molecular formula is C24H24F2N2O4. The lowest BCUT2D eigenvalue weighted by molar-refractivity contribution is -0.155. The van der Waals surface area contributed by atoms with Crippen molar-refractivity contribution >= 4 is 23.5 Å². The van der Waals surface area contributed by atoms with E-state index in [1.54, 1.807) is 13.0 Å². The molecule has 32 heavy (non-hydrogen) atoms. The molecule has 0 aliphatic carbocycles. The van der Waals surface area contributed by atoms with Crippen molar-refractivity contribution in [1.82, 2.24) is 5.32 Å². The molecule has 0 radical (unpaired) electrons. The Morgan fingerprint density at radius 3 is 2.38 bits per heavy atom. The quantitative estimate of drug-likeness (QED) is 0.547. The fourth-order valence-electron chi connectivity index (χ4n) is 5.02. The van der Waals surface area contributed by atoms with Gasteiger partial charge in [-0.1, -0.05) is 31.5 Å². The molecule has 2 aromatic carbocycles. The summed E-state index contributed by atoms with van der Waals surface area (Å²) in [5.74, 6) is -4.93. The lowest BCUT2D eigenvalue weighted by atomic mass is 9.77. The number of carbonyl (C=O) groups is 3. The number of carbonyl (C=O) groups excluding carboxylic acids is 3. The Morgan fingerprint density at radius 1 is 1.06 bits per heavy atom. The summed E-state index contributed by atoms with van der Waals surface area (Å²) in [7, 11) is 0. The number of imide groups is 1. The second-order valence-corrected chi connectivity index (χ2v) is 8.08. The van der Waals surface area contributed by atoms with Gasteiger partial charge in [0.15, 0.2) is 0 Å². The molecule has 0 unspecified atom stereocenters. The number of ether oxygens (including phenoxy) is 1. The Hall–Kier alpha value is -3.13. The first-order valence-electron chi connectivity index (χ1n) is 10.7. The van der Waals surface area contributed by atoms with Crippen LogP contribution in [0.4, 0.5) is 14.5 Å². The van der Waals surface area contributed by atoms with Crippen LogP contribution in [-0.2, 0) is 19.1 Å². The zero-order valence-electron chi connectivity index (χ0n) is 17.8. The van der Waals surface area contributed by atoms with Gasteiger partial charge in [-0.25, -0.2) is 13.7 Å². The highest BCUT2D eigenvalue weighted by Gasteiger charge is 2.68. The van der Waals surface area contributed by atoms with E-state index in [0.717, 1.165) is 17.0 Å². The number of hydrogen-bond donors (Lipinski definition) is 1. The molecule has 2 amide bonds. The molecule has 168 valence electrons. The number of nitrogens with one attached hydrogen (secondary N) is 1. The fourth-order valence-corrected chi connectivity index (χ4v) is 5.02. The van der Waals surface area contributed by atoms with E-state index >= 15 is 0 Å². The summed E-state index contributed by atoms with van der Waals surface area (Å²) in [6.45, 7) is 3.61. The van der Waals surface area contributed by atoms with E-state index in [-0.39, 0.29) is 24.3 Å². The monoisotopic (exact) mass is 442 g/mol. The van der Waals surface area contributed by atoms with Gasteiger partial charge in [0.1, 0.15) is 17.2 Å². The highest BCUT2D eigenvalue weighted by Crippen LogP contribution is 2.52. The van der Waals surface area contributed by atoms with Crippen molar-refractivity contribution in [2.24, 2.45) is 11.8 Å². The Bertz CT molecular complexity index is 1060. The molecule has 8 heteroatoms. The van der Waals surface area contributed by atoms with Gasteiger partial charge in [0, 0.05) is 11.6 Å². The first-order valence-corrected chi connectivity index (χ1v) is 10.7. The third-order valence-corrected chi connectivity index (χ3v) is 6.26. The lowest BCUT2D eigenvalue weighted by Gasteiger charge is -2.32. The molecule has 1 N–H and O–H groups in total. The molecule has 2 aliphatic rings. The number of fused-ring (bicyclic) bond motifs is 1. The molecule has 2 aliphatic heterocycles. The van der Waals surface area contributed by atoms with Crippen molar-refractivity contribution in [1.29, 1.82) is 0 Å². The van der Waals surface area contributed by atoms with Crippen LogP contribution >= 0.6 is 0 Å². The van der Waals surface area contributed by atoms with Crippen LogP contribution in [0.3, 0.4) is 0 Å². The maximum atomic E-state index is 14.8. The van der Waals surface area contributed by atoms with Gasteiger partial charge < -0.3 is 4.74 Å². The van der Waals surface area contributed by atoms with Crippen LogP contribution in [0.1, 0.15) is 38.3 Å². The van der Waals surface area contributed by atoms with Crippen molar-refractivity contribution < 1.29 is 27.9 Å². The van der Waals surface area contributed by atoms with Crippen LogP contribution in [0.15, 0.2) is 48.5 Å². The van der Waals surface area contributed by atoms with Crippen LogP contribution in [0.25, 0.3) is 0 Å². The van der Waals surface area contributed by atoms with Gasteiger partial charge in [0.2, 0.25) is 11.8 Å². The summed E-state index contributed by atoms with van der Waals surface area (Å²) in [6.07, 6.45) is 0.755. The van der Waals surface area contributed by atoms with E-state index in [1.807, 2.05) is 6.92 Å². The Labute approximate surface area is 184 Å². The maximum absolute atomic E-state index is 14.8. The van der Waals surface area contributed by atoms with Gasteiger partial charge in [0.05, 0.1) is 24.1 Å². The summed E-state index contributed by atoms with van der Waals surface area (Å²) in [5.41, 5.74) is -1.08. The summed E-state index contributed by atoms with van der Waals surface area (Å²) in [4.78, 5) is 41.3. The summed E-state index contributed by atoms with van der Waals surface area (Å²) in [5, 5.41) is 3.15. The van der Waals surface area contributed by atoms with Gasteiger partial charge >= 0.3 is 5.97 Å². The van der Waals surface area contributed by atoms with Gasteiger partial charge in [-0.05, 0) is 43.7 Å². The molecule has 2 aromatic rings. The number of benzene rings is 2. The van der Waals surface area contributed by atoms with Crippen molar-refractivity contribution in [2.75, 3.05) is 11.5 Å². The lowest BCUT2D eigenvalue weighted by Crippen LogP contribution is -2.56. The van der Waals surface area contributed by atoms with E-state index < -0.39 is 52.8 Å². The van der Waals surface area contributed by atoms with Crippen molar-refractivity contribution in [2.45, 2.75) is 38.3 Å². The summed E-state index contributed by atoms with van der Waals surface area (Å²) < 4.78 is 33.5. The van der Waals surface area contributed by atoms with Gasteiger partial charge in [0.25, 0.3) is 0 Å². The largest absolute Gasteiger partial charge is 0.465 e. The Morgan fingerprint density at radius 2 is 1.75 bits per heavy atom. The average molecular weight is 442 g/mol. The molecule has 4 rings (SSSR count). The van der Waals surface area contributed by atoms with E-state index in [9.17, 15) is 23.2 Å². The fraction of sp³-hybridized carbons (Fsp3) is 0.375.